The lowest BCUT2D eigenvalue weighted by molar-refractivity contribution is -0.115. The molecule has 1 aromatic carbocycles. The molecule has 1 N–H and O–H groups in total. The van der Waals surface area contributed by atoms with E-state index >= 15 is 0 Å². The van der Waals surface area contributed by atoms with Crippen LogP contribution in [0.5, 0.6) is 11.5 Å². The molecule has 1 amide bonds. The number of aromatic nitrogens is 1. The zero-order valence-electron chi connectivity index (χ0n) is 14.5. The first-order chi connectivity index (χ1) is 12.3. The van der Waals surface area contributed by atoms with Gasteiger partial charge in [0.2, 0.25) is 5.91 Å². The number of ether oxygens (including phenoxy) is 2. The summed E-state index contributed by atoms with van der Waals surface area (Å²) in [5.74, 6) is 0.649. The van der Waals surface area contributed by atoms with E-state index in [0.717, 1.165) is 6.42 Å². The third kappa shape index (κ3) is 4.16. The van der Waals surface area contributed by atoms with E-state index in [2.05, 4.69) is 10.5 Å². The van der Waals surface area contributed by atoms with Crippen LogP contribution in [-0.4, -0.2) is 37.9 Å². The van der Waals surface area contributed by atoms with Crippen molar-refractivity contribution >= 4 is 21.4 Å². The number of rotatable bonds is 5. The predicted octanol–water partition coefficient (Wildman–Crippen LogP) is 2.09. The SMILES string of the molecule is Cc1cc(CS(=O)(=O)[C@H](C)C(=O)Nc2ccc3c(c2)OCCCO3)no1. The zero-order chi connectivity index (χ0) is 18.7. The molecule has 1 aliphatic rings. The number of carbonyl (C=O) groups is 1. The maximum atomic E-state index is 12.4. The van der Waals surface area contributed by atoms with Crippen molar-refractivity contribution in [1.82, 2.24) is 5.16 Å². The van der Waals surface area contributed by atoms with E-state index in [9.17, 15) is 13.2 Å². The molecule has 3 rings (SSSR count). The van der Waals surface area contributed by atoms with Gasteiger partial charge >= 0.3 is 0 Å². The Labute approximate surface area is 151 Å². The minimum atomic E-state index is -3.73. The van der Waals surface area contributed by atoms with Crippen molar-refractivity contribution in [3.8, 4) is 11.5 Å². The van der Waals surface area contributed by atoms with Crippen molar-refractivity contribution in [3.05, 3.63) is 35.7 Å². The summed E-state index contributed by atoms with van der Waals surface area (Å²) in [5, 5.41) is 5.04. The molecule has 0 fully saturated rings. The number of carbonyl (C=O) groups excluding carboxylic acids is 1. The molecule has 0 saturated heterocycles. The van der Waals surface area contributed by atoms with E-state index in [1.807, 2.05) is 0 Å². The minimum absolute atomic E-state index is 0.276. The lowest BCUT2D eigenvalue weighted by atomic mass is 10.2. The van der Waals surface area contributed by atoms with Gasteiger partial charge in [0.25, 0.3) is 0 Å². The highest BCUT2D eigenvalue weighted by molar-refractivity contribution is 7.92. The number of nitrogens with one attached hydrogen (secondary N) is 1. The second-order valence-electron chi connectivity index (χ2n) is 6.08. The Balaban J connectivity index is 1.69. The van der Waals surface area contributed by atoms with Gasteiger partial charge in [-0.3, -0.25) is 4.79 Å². The molecule has 2 aromatic rings. The standard InChI is InChI=1S/C17H20N2O6S/c1-11-8-14(19-25-11)10-26(21,22)12(2)17(20)18-13-4-5-15-16(9-13)24-7-3-6-23-15/h4-5,8-9,12H,3,6-7,10H2,1-2H3,(H,18,20)/t12-/m1/s1. The van der Waals surface area contributed by atoms with E-state index in [0.29, 0.717) is 36.2 Å². The lowest BCUT2D eigenvalue weighted by Crippen LogP contribution is -2.33. The summed E-state index contributed by atoms with van der Waals surface area (Å²) in [7, 11) is -3.73. The highest BCUT2D eigenvalue weighted by atomic mass is 32.2. The maximum absolute atomic E-state index is 12.4. The fourth-order valence-electron chi connectivity index (χ4n) is 2.47. The molecule has 0 radical (unpaired) electrons. The normalized spacial score (nSPS) is 15.2. The van der Waals surface area contributed by atoms with Gasteiger partial charge in [-0.15, -0.1) is 0 Å². The molecule has 0 aliphatic carbocycles. The number of fused-ring (bicyclic) bond motifs is 1. The summed E-state index contributed by atoms with van der Waals surface area (Å²) >= 11 is 0. The smallest absolute Gasteiger partial charge is 0.242 e. The van der Waals surface area contributed by atoms with Crippen LogP contribution in [0.4, 0.5) is 5.69 Å². The van der Waals surface area contributed by atoms with Gasteiger partial charge in [-0.05, 0) is 26.0 Å². The first-order valence-electron chi connectivity index (χ1n) is 8.19. The van der Waals surface area contributed by atoms with Crippen LogP contribution in [0.25, 0.3) is 0 Å². The van der Waals surface area contributed by atoms with Crippen molar-refractivity contribution in [2.45, 2.75) is 31.3 Å². The first kappa shape index (κ1) is 18.2. The molecule has 8 nitrogen and oxygen atoms in total. The van der Waals surface area contributed by atoms with Crippen LogP contribution in [-0.2, 0) is 20.4 Å². The largest absolute Gasteiger partial charge is 0.490 e. The number of sulfone groups is 1. The molecule has 140 valence electrons. The van der Waals surface area contributed by atoms with Gasteiger partial charge in [0.15, 0.2) is 21.3 Å². The monoisotopic (exact) mass is 380 g/mol. The van der Waals surface area contributed by atoms with Crippen LogP contribution in [0.1, 0.15) is 24.8 Å². The lowest BCUT2D eigenvalue weighted by Gasteiger charge is -2.14. The molecular weight excluding hydrogens is 360 g/mol. The Morgan fingerprint density at radius 1 is 1.23 bits per heavy atom. The molecular formula is C17H20N2O6S. The van der Waals surface area contributed by atoms with E-state index in [-0.39, 0.29) is 11.4 Å². The Bertz CT molecular complexity index is 906. The number of benzene rings is 1. The van der Waals surface area contributed by atoms with Crippen LogP contribution < -0.4 is 14.8 Å². The first-order valence-corrected chi connectivity index (χ1v) is 9.91. The molecule has 26 heavy (non-hydrogen) atoms. The molecule has 9 heteroatoms. The number of nitrogens with zero attached hydrogens (tertiary/aromatic N) is 1. The average Bonchev–Trinajstić information content (AvgIpc) is 2.85. The number of hydrogen-bond donors (Lipinski definition) is 1. The number of hydrogen-bond acceptors (Lipinski definition) is 7. The maximum Gasteiger partial charge on any atom is 0.242 e. The second-order valence-corrected chi connectivity index (χ2v) is 8.40. The van der Waals surface area contributed by atoms with Crippen LogP contribution in [0.15, 0.2) is 28.8 Å². The summed E-state index contributed by atoms with van der Waals surface area (Å²) in [6.45, 7) is 4.10. The quantitative estimate of drug-likeness (QED) is 0.846. The molecule has 0 unspecified atom stereocenters. The van der Waals surface area contributed by atoms with Gasteiger partial charge in [-0.25, -0.2) is 8.42 Å². The molecule has 2 heterocycles. The van der Waals surface area contributed by atoms with Gasteiger partial charge in [-0.1, -0.05) is 5.16 Å². The van der Waals surface area contributed by atoms with Crippen LogP contribution >= 0.6 is 0 Å². The second kappa shape index (κ2) is 7.36. The third-order valence-electron chi connectivity index (χ3n) is 3.95. The molecule has 1 aliphatic heterocycles. The van der Waals surface area contributed by atoms with E-state index in [1.54, 1.807) is 25.1 Å². The van der Waals surface area contributed by atoms with Crippen LogP contribution in [0.2, 0.25) is 0 Å². The highest BCUT2D eigenvalue weighted by Crippen LogP contribution is 2.32. The molecule has 0 bridgehead atoms. The number of anilines is 1. The topological polar surface area (TPSA) is 108 Å². The van der Waals surface area contributed by atoms with E-state index in [4.69, 9.17) is 14.0 Å². The molecule has 1 atom stereocenters. The van der Waals surface area contributed by atoms with Crippen molar-refractivity contribution in [3.63, 3.8) is 0 Å². The third-order valence-corrected chi connectivity index (χ3v) is 5.94. The van der Waals surface area contributed by atoms with Gasteiger partial charge in [-0.2, -0.15) is 0 Å². The molecule has 0 saturated carbocycles. The van der Waals surface area contributed by atoms with Gasteiger partial charge in [0.1, 0.15) is 11.0 Å². The number of aryl methyl sites for hydroxylation is 1. The summed E-state index contributed by atoms with van der Waals surface area (Å²) in [5.41, 5.74) is 0.719. The Hall–Kier alpha value is -2.55. The van der Waals surface area contributed by atoms with Crippen molar-refractivity contribution in [1.29, 1.82) is 0 Å². The fraction of sp³-hybridized carbons (Fsp3) is 0.412. The summed E-state index contributed by atoms with van der Waals surface area (Å²) in [4.78, 5) is 12.4. The summed E-state index contributed by atoms with van der Waals surface area (Å²) in [6.07, 6.45) is 0.771. The Morgan fingerprint density at radius 3 is 2.65 bits per heavy atom. The Kier molecular flexibility index (Phi) is 5.17. The van der Waals surface area contributed by atoms with Crippen molar-refractivity contribution in [2.75, 3.05) is 18.5 Å². The van der Waals surface area contributed by atoms with Crippen LogP contribution in [0, 0.1) is 6.92 Å². The van der Waals surface area contributed by atoms with Crippen molar-refractivity contribution < 1.29 is 27.2 Å². The summed E-state index contributed by atoms with van der Waals surface area (Å²) in [6, 6.07) is 6.49. The highest BCUT2D eigenvalue weighted by Gasteiger charge is 2.29. The van der Waals surface area contributed by atoms with Gasteiger partial charge < -0.3 is 19.3 Å². The summed E-state index contributed by atoms with van der Waals surface area (Å²) < 4.78 is 40.8. The van der Waals surface area contributed by atoms with E-state index < -0.39 is 21.0 Å². The van der Waals surface area contributed by atoms with Gasteiger partial charge in [0, 0.05) is 24.2 Å². The minimum Gasteiger partial charge on any atom is -0.490 e. The molecule has 0 spiro atoms. The van der Waals surface area contributed by atoms with Gasteiger partial charge in [0.05, 0.1) is 24.7 Å². The van der Waals surface area contributed by atoms with Crippen LogP contribution in [0.3, 0.4) is 0 Å². The predicted molar refractivity (Wildman–Crippen MR) is 94.0 cm³/mol. The average molecular weight is 380 g/mol. The van der Waals surface area contributed by atoms with E-state index in [1.165, 1.54) is 13.0 Å². The fourth-order valence-corrected chi connectivity index (χ4v) is 3.65. The Morgan fingerprint density at radius 2 is 1.96 bits per heavy atom. The number of amides is 1. The molecule has 1 aromatic heterocycles. The van der Waals surface area contributed by atoms with Crippen molar-refractivity contribution in [2.24, 2.45) is 0 Å². The zero-order valence-corrected chi connectivity index (χ0v) is 15.3.